The molecule has 0 saturated carbocycles. The number of benzene rings is 1. The summed E-state index contributed by atoms with van der Waals surface area (Å²) in [6, 6.07) is 9.62. The van der Waals surface area contributed by atoms with E-state index in [1.807, 2.05) is 36.4 Å². The predicted molar refractivity (Wildman–Crippen MR) is 80.4 cm³/mol. The number of carbonyl (C=O) groups is 1. The zero-order valence-electron chi connectivity index (χ0n) is 12.1. The largest absolute Gasteiger partial charge is 0.445 e. The van der Waals surface area contributed by atoms with Crippen LogP contribution in [0.4, 0.5) is 4.79 Å². The molecule has 1 saturated heterocycles. The summed E-state index contributed by atoms with van der Waals surface area (Å²) in [5.74, 6) is 0. The zero-order chi connectivity index (χ0) is 15.1. The van der Waals surface area contributed by atoms with Crippen LogP contribution in [-0.4, -0.2) is 34.5 Å². The molecule has 0 radical (unpaired) electrons. The average Bonchev–Trinajstić information content (AvgIpc) is 2.99. The Morgan fingerprint density at radius 3 is 2.95 bits per heavy atom. The van der Waals surface area contributed by atoms with Crippen molar-refractivity contribution in [2.24, 2.45) is 5.16 Å². The van der Waals surface area contributed by atoms with Gasteiger partial charge in [-0.1, -0.05) is 41.6 Å². The molecule has 1 atom stereocenters. The van der Waals surface area contributed by atoms with Gasteiger partial charge in [0.25, 0.3) is 0 Å². The van der Waals surface area contributed by atoms with Crippen molar-refractivity contribution in [3.8, 4) is 0 Å². The lowest BCUT2D eigenvalue weighted by atomic mass is 10.2. The van der Waals surface area contributed by atoms with Crippen LogP contribution in [0.1, 0.15) is 25.3 Å². The predicted octanol–water partition coefficient (Wildman–Crippen LogP) is 3.19. The molecule has 1 heterocycles. The highest BCUT2D eigenvalue weighted by atomic mass is 16.6. The highest BCUT2D eigenvalue weighted by molar-refractivity contribution is 5.92. The summed E-state index contributed by atoms with van der Waals surface area (Å²) in [6.45, 7) is 2.67. The normalized spacial score (nSPS) is 19.2. The number of amides is 1. The molecule has 112 valence electrons. The Hall–Kier alpha value is -2.30. The molecule has 0 aromatic heterocycles. The molecule has 1 fully saturated rings. The second-order valence-corrected chi connectivity index (χ2v) is 5.04. The van der Waals surface area contributed by atoms with E-state index in [4.69, 9.17) is 9.94 Å². The summed E-state index contributed by atoms with van der Waals surface area (Å²) in [6.07, 6.45) is 5.14. The van der Waals surface area contributed by atoms with Gasteiger partial charge in [0.2, 0.25) is 0 Å². The van der Waals surface area contributed by atoms with Crippen molar-refractivity contribution >= 4 is 11.8 Å². The Morgan fingerprint density at radius 1 is 1.48 bits per heavy atom. The molecule has 1 aromatic carbocycles. The van der Waals surface area contributed by atoms with Crippen LogP contribution in [0.25, 0.3) is 0 Å². The van der Waals surface area contributed by atoms with Gasteiger partial charge in [0, 0.05) is 6.54 Å². The molecule has 5 nitrogen and oxygen atoms in total. The Labute approximate surface area is 124 Å². The first-order valence-electron chi connectivity index (χ1n) is 7.05. The minimum absolute atomic E-state index is 0.00460. The maximum Gasteiger partial charge on any atom is 0.410 e. The maximum absolute atomic E-state index is 12.1. The van der Waals surface area contributed by atoms with Gasteiger partial charge >= 0.3 is 6.09 Å². The molecule has 1 amide bonds. The lowest BCUT2D eigenvalue weighted by molar-refractivity contribution is 0.0975. The van der Waals surface area contributed by atoms with Crippen LogP contribution in [0, 0.1) is 0 Å². The summed E-state index contributed by atoms with van der Waals surface area (Å²) in [7, 11) is 0. The number of hydrogen-bond acceptors (Lipinski definition) is 4. The van der Waals surface area contributed by atoms with Crippen LogP contribution < -0.4 is 0 Å². The van der Waals surface area contributed by atoms with E-state index < -0.39 is 0 Å². The molecule has 2 rings (SSSR count). The molecule has 1 aliphatic rings. The van der Waals surface area contributed by atoms with Gasteiger partial charge in [-0.15, -0.1) is 0 Å². The lowest BCUT2D eigenvalue weighted by Gasteiger charge is -2.21. The molecule has 1 aliphatic heterocycles. The molecular weight excluding hydrogens is 268 g/mol. The first-order valence-corrected chi connectivity index (χ1v) is 7.05. The molecule has 21 heavy (non-hydrogen) atoms. The van der Waals surface area contributed by atoms with Crippen molar-refractivity contribution in [1.82, 2.24) is 4.90 Å². The van der Waals surface area contributed by atoms with Crippen molar-refractivity contribution < 1.29 is 14.7 Å². The third kappa shape index (κ3) is 4.34. The van der Waals surface area contributed by atoms with E-state index in [1.54, 1.807) is 17.9 Å². The fourth-order valence-electron chi connectivity index (χ4n) is 2.31. The smallest absolute Gasteiger partial charge is 0.410 e. The number of allylic oxidation sites excluding steroid dienone is 1. The first kappa shape index (κ1) is 15.1. The molecule has 0 unspecified atom stereocenters. The van der Waals surface area contributed by atoms with Crippen LogP contribution in [0.3, 0.4) is 0 Å². The van der Waals surface area contributed by atoms with E-state index in [1.165, 1.54) is 0 Å². The molecule has 0 spiro atoms. The van der Waals surface area contributed by atoms with Crippen molar-refractivity contribution in [2.45, 2.75) is 32.4 Å². The monoisotopic (exact) mass is 288 g/mol. The summed E-state index contributed by atoms with van der Waals surface area (Å²) in [4.78, 5) is 13.8. The molecular formula is C16H20N2O3. The molecule has 1 N–H and O–H groups in total. The van der Waals surface area contributed by atoms with E-state index in [-0.39, 0.29) is 18.7 Å². The van der Waals surface area contributed by atoms with Crippen LogP contribution in [0.15, 0.2) is 47.6 Å². The number of oxime groups is 1. The van der Waals surface area contributed by atoms with Crippen molar-refractivity contribution in [3.05, 3.63) is 48.0 Å². The minimum Gasteiger partial charge on any atom is -0.445 e. The number of hydrogen-bond donors (Lipinski definition) is 1. The zero-order valence-corrected chi connectivity index (χ0v) is 12.1. The number of rotatable bonds is 4. The average molecular weight is 288 g/mol. The fourth-order valence-corrected chi connectivity index (χ4v) is 2.31. The van der Waals surface area contributed by atoms with E-state index >= 15 is 0 Å². The fraction of sp³-hybridized carbons (Fsp3) is 0.375. The summed E-state index contributed by atoms with van der Waals surface area (Å²) < 4.78 is 5.35. The van der Waals surface area contributed by atoms with Crippen LogP contribution in [0.5, 0.6) is 0 Å². The number of likely N-dealkylation sites (tertiary alicyclic amines) is 1. The molecule has 5 heteroatoms. The Balaban J connectivity index is 1.90. The van der Waals surface area contributed by atoms with Gasteiger partial charge in [-0.05, 0) is 31.4 Å². The number of carbonyl (C=O) groups excluding carboxylic acids is 1. The van der Waals surface area contributed by atoms with Gasteiger partial charge in [0.1, 0.15) is 6.61 Å². The van der Waals surface area contributed by atoms with Gasteiger partial charge in [0.05, 0.1) is 11.8 Å². The summed E-state index contributed by atoms with van der Waals surface area (Å²) in [5, 5.41) is 11.7. The second kappa shape index (κ2) is 7.47. The highest BCUT2D eigenvalue weighted by Crippen LogP contribution is 2.20. The van der Waals surface area contributed by atoms with Crippen LogP contribution in [-0.2, 0) is 11.3 Å². The topological polar surface area (TPSA) is 62.1 Å². The number of ether oxygens (including phenoxy) is 1. The summed E-state index contributed by atoms with van der Waals surface area (Å²) >= 11 is 0. The maximum atomic E-state index is 12.1. The van der Waals surface area contributed by atoms with Crippen molar-refractivity contribution in [1.29, 1.82) is 0 Å². The third-order valence-corrected chi connectivity index (χ3v) is 3.46. The molecule has 0 bridgehead atoms. The number of nitrogens with zero attached hydrogens (tertiary/aromatic N) is 2. The quantitative estimate of drug-likeness (QED) is 0.526. The van der Waals surface area contributed by atoms with Gasteiger partial charge < -0.3 is 14.8 Å². The Bertz CT molecular complexity index is 526. The van der Waals surface area contributed by atoms with Gasteiger partial charge in [-0.3, -0.25) is 0 Å². The minimum atomic E-state index is -0.301. The standard InChI is InChI=1S/C16H20N2O3/c1-13(17-20)9-10-15-8-5-11-18(15)16(19)21-12-14-6-3-2-4-7-14/h2-4,6-7,9-10,15,20H,5,8,11-12H2,1H3/t15-/m0/s1. The molecule has 0 aliphatic carbocycles. The Morgan fingerprint density at radius 2 is 2.24 bits per heavy atom. The second-order valence-electron chi connectivity index (χ2n) is 5.04. The first-order chi connectivity index (χ1) is 10.2. The van der Waals surface area contributed by atoms with E-state index in [2.05, 4.69) is 5.16 Å². The summed E-state index contributed by atoms with van der Waals surface area (Å²) in [5.41, 5.74) is 1.49. The molecule has 1 aromatic rings. The lowest BCUT2D eigenvalue weighted by Crippen LogP contribution is -2.34. The van der Waals surface area contributed by atoms with E-state index in [0.29, 0.717) is 12.3 Å². The van der Waals surface area contributed by atoms with Gasteiger partial charge in [-0.2, -0.15) is 0 Å². The van der Waals surface area contributed by atoms with Crippen molar-refractivity contribution in [3.63, 3.8) is 0 Å². The van der Waals surface area contributed by atoms with Crippen LogP contribution in [0.2, 0.25) is 0 Å². The van der Waals surface area contributed by atoms with Gasteiger partial charge in [-0.25, -0.2) is 4.79 Å². The SMILES string of the molecule is CC(C=C[C@@H]1CCCN1C(=O)OCc1ccccc1)=NO. The highest BCUT2D eigenvalue weighted by Gasteiger charge is 2.27. The van der Waals surface area contributed by atoms with Crippen LogP contribution >= 0.6 is 0 Å². The van der Waals surface area contributed by atoms with E-state index in [0.717, 1.165) is 18.4 Å². The van der Waals surface area contributed by atoms with Crippen molar-refractivity contribution in [2.75, 3.05) is 6.54 Å². The van der Waals surface area contributed by atoms with Gasteiger partial charge in [0.15, 0.2) is 0 Å². The third-order valence-electron chi connectivity index (χ3n) is 3.46. The Kier molecular flexibility index (Phi) is 5.37. The van der Waals surface area contributed by atoms with E-state index in [9.17, 15) is 4.79 Å².